The van der Waals surface area contributed by atoms with Gasteiger partial charge in [0.25, 0.3) is 0 Å². The second kappa shape index (κ2) is 7.22. The van der Waals surface area contributed by atoms with E-state index in [0.717, 1.165) is 24.2 Å². The van der Waals surface area contributed by atoms with Crippen LogP contribution in [0.1, 0.15) is 18.7 Å². The summed E-state index contributed by atoms with van der Waals surface area (Å²) in [5.74, 6) is 1.98. The fourth-order valence-corrected chi connectivity index (χ4v) is 3.06. The normalized spacial score (nSPS) is 14.0. The van der Waals surface area contributed by atoms with E-state index >= 15 is 0 Å². The monoisotopic (exact) mass is 368 g/mol. The average Bonchev–Trinajstić information content (AvgIpc) is 3.30. The Labute approximate surface area is 156 Å². The summed E-state index contributed by atoms with van der Waals surface area (Å²) in [4.78, 5) is 17.9. The van der Waals surface area contributed by atoms with Crippen LogP contribution in [0.15, 0.2) is 59.1 Å². The summed E-state index contributed by atoms with van der Waals surface area (Å²) in [5.41, 5.74) is 1.77. The van der Waals surface area contributed by atoms with Crippen LogP contribution in [0.4, 0.5) is 5.69 Å². The Morgan fingerprint density at radius 1 is 1.19 bits per heavy atom. The van der Waals surface area contributed by atoms with Gasteiger partial charge >= 0.3 is 0 Å². The van der Waals surface area contributed by atoms with Crippen molar-refractivity contribution in [3.8, 4) is 17.1 Å². The number of rotatable bonds is 5. The molecule has 1 fully saturated rings. The number of amides is 1. The third-order valence-corrected chi connectivity index (χ3v) is 4.50. The highest BCUT2D eigenvalue weighted by atomic mass is 35.5. The molecule has 3 aromatic rings. The number of carbonyl (C=O) groups excluding carboxylic acids is 1. The first kappa shape index (κ1) is 16.7. The Hall–Kier alpha value is -2.79. The van der Waals surface area contributed by atoms with E-state index in [9.17, 15) is 4.79 Å². The van der Waals surface area contributed by atoms with E-state index in [-0.39, 0.29) is 12.5 Å². The van der Waals surface area contributed by atoms with Gasteiger partial charge < -0.3 is 14.1 Å². The van der Waals surface area contributed by atoms with Crippen molar-refractivity contribution in [1.29, 1.82) is 0 Å². The molecule has 1 saturated heterocycles. The fraction of sp³-hybridized carbons (Fsp3) is 0.200. The van der Waals surface area contributed by atoms with Crippen LogP contribution in [-0.4, -0.2) is 17.4 Å². The number of hydrogen-bond donors (Lipinski definition) is 0. The van der Waals surface area contributed by atoms with Gasteiger partial charge in [-0.25, -0.2) is 4.98 Å². The van der Waals surface area contributed by atoms with Crippen LogP contribution in [0.25, 0.3) is 11.3 Å². The molecule has 26 heavy (non-hydrogen) atoms. The molecule has 2 heterocycles. The molecule has 132 valence electrons. The minimum absolute atomic E-state index is 0.155. The number of ether oxygens (including phenoxy) is 1. The number of benzene rings is 2. The maximum atomic E-state index is 11.9. The Morgan fingerprint density at radius 2 is 2.04 bits per heavy atom. The molecule has 0 atom stereocenters. The minimum Gasteiger partial charge on any atom is -0.484 e. The molecule has 2 aromatic carbocycles. The smallest absolute Gasteiger partial charge is 0.232 e. The van der Waals surface area contributed by atoms with Crippen LogP contribution in [0.5, 0.6) is 5.75 Å². The third-order valence-electron chi connectivity index (χ3n) is 4.25. The Kier molecular flexibility index (Phi) is 4.63. The van der Waals surface area contributed by atoms with E-state index in [1.165, 1.54) is 0 Å². The molecule has 5 nitrogen and oxygen atoms in total. The maximum Gasteiger partial charge on any atom is 0.232 e. The van der Waals surface area contributed by atoms with Crippen LogP contribution in [0, 0.1) is 0 Å². The van der Waals surface area contributed by atoms with E-state index < -0.39 is 0 Å². The number of oxazole rings is 1. The first-order chi connectivity index (χ1) is 12.7. The highest BCUT2D eigenvalue weighted by Crippen LogP contribution is 2.26. The van der Waals surface area contributed by atoms with Crippen molar-refractivity contribution in [2.75, 3.05) is 11.4 Å². The molecule has 0 bridgehead atoms. The van der Waals surface area contributed by atoms with Crippen LogP contribution in [0.2, 0.25) is 5.02 Å². The number of halogens is 1. The molecule has 1 aliphatic rings. The molecule has 1 aliphatic heterocycles. The summed E-state index contributed by atoms with van der Waals surface area (Å²) in [5, 5.41) is 0.674. The summed E-state index contributed by atoms with van der Waals surface area (Å²) in [6.45, 7) is 0.970. The van der Waals surface area contributed by atoms with E-state index in [0.29, 0.717) is 28.8 Å². The molecule has 1 aromatic heterocycles. The Morgan fingerprint density at radius 3 is 2.81 bits per heavy atom. The first-order valence-corrected chi connectivity index (χ1v) is 8.81. The second-order valence-corrected chi connectivity index (χ2v) is 6.50. The van der Waals surface area contributed by atoms with Crippen LogP contribution in [-0.2, 0) is 11.4 Å². The molecule has 0 aliphatic carbocycles. The predicted octanol–water partition coefficient (Wildman–Crippen LogP) is 4.70. The molecule has 0 unspecified atom stereocenters. The summed E-state index contributed by atoms with van der Waals surface area (Å²) in [6.07, 6.45) is 3.17. The highest BCUT2D eigenvalue weighted by Gasteiger charge is 2.21. The van der Waals surface area contributed by atoms with Crippen molar-refractivity contribution < 1.29 is 13.9 Å². The van der Waals surface area contributed by atoms with Gasteiger partial charge in [-0.1, -0.05) is 17.7 Å². The molecule has 6 heteroatoms. The van der Waals surface area contributed by atoms with Gasteiger partial charge in [0.1, 0.15) is 5.75 Å². The number of carbonyl (C=O) groups is 1. The van der Waals surface area contributed by atoms with E-state index in [2.05, 4.69) is 4.98 Å². The second-order valence-electron chi connectivity index (χ2n) is 6.06. The van der Waals surface area contributed by atoms with Crippen molar-refractivity contribution in [2.24, 2.45) is 0 Å². The summed E-state index contributed by atoms with van der Waals surface area (Å²) >= 11 is 5.90. The zero-order valence-corrected chi connectivity index (χ0v) is 14.8. The maximum absolute atomic E-state index is 11.9. The third kappa shape index (κ3) is 3.58. The van der Waals surface area contributed by atoms with E-state index in [1.54, 1.807) is 23.2 Å². The lowest BCUT2D eigenvalue weighted by atomic mass is 10.2. The molecule has 0 saturated carbocycles. The molecular formula is C20H17ClN2O3. The largest absolute Gasteiger partial charge is 0.484 e. The quantitative estimate of drug-likeness (QED) is 0.655. The zero-order valence-electron chi connectivity index (χ0n) is 14.0. The van der Waals surface area contributed by atoms with Crippen molar-refractivity contribution in [3.63, 3.8) is 0 Å². The van der Waals surface area contributed by atoms with Crippen LogP contribution < -0.4 is 9.64 Å². The van der Waals surface area contributed by atoms with Crippen molar-refractivity contribution in [3.05, 3.63) is 65.6 Å². The Bertz CT molecular complexity index is 921. The molecule has 4 rings (SSSR count). The van der Waals surface area contributed by atoms with Gasteiger partial charge in [0.2, 0.25) is 11.8 Å². The SMILES string of the molecule is O=C1CCCN1c1cccc(OCc2ncc(-c3ccc(Cl)cc3)o2)c1. The van der Waals surface area contributed by atoms with E-state index in [4.69, 9.17) is 20.8 Å². The minimum atomic E-state index is 0.155. The molecule has 0 radical (unpaired) electrons. The molecule has 0 spiro atoms. The average molecular weight is 369 g/mol. The van der Waals surface area contributed by atoms with Gasteiger partial charge in [-0.05, 0) is 42.8 Å². The highest BCUT2D eigenvalue weighted by molar-refractivity contribution is 6.30. The standard InChI is InChI=1S/C20H17ClN2O3/c21-15-8-6-14(7-9-15)18-12-22-19(26-18)13-25-17-4-1-3-16(11-17)23-10-2-5-20(23)24/h1,3-4,6-9,11-12H,2,5,10,13H2. The van der Waals surface area contributed by atoms with Gasteiger partial charge in [0.05, 0.1) is 6.20 Å². The van der Waals surface area contributed by atoms with Crippen LogP contribution >= 0.6 is 11.6 Å². The molecular weight excluding hydrogens is 352 g/mol. The van der Waals surface area contributed by atoms with Gasteiger partial charge in [-0.2, -0.15) is 0 Å². The lowest BCUT2D eigenvalue weighted by Gasteiger charge is -2.16. The summed E-state index contributed by atoms with van der Waals surface area (Å²) in [6, 6.07) is 14.9. The first-order valence-electron chi connectivity index (χ1n) is 8.43. The topological polar surface area (TPSA) is 55.6 Å². The molecule has 0 N–H and O–H groups in total. The van der Waals surface area contributed by atoms with Gasteiger partial charge in [0, 0.05) is 35.3 Å². The Balaban J connectivity index is 1.43. The number of nitrogens with zero attached hydrogens (tertiary/aromatic N) is 2. The lowest BCUT2D eigenvalue weighted by Crippen LogP contribution is -2.23. The lowest BCUT2D eigenvalue weighted by molar-refractivity contribution is -0.117. The van der Waals surface area contributed by atoms with Gasteiger partial charge in [-0.3, -0.25) is 4.79 Å². The predicted molar refractivity (Wildman–Crippen MR) is 99.3 cm³/mol. The number of hydrogen-bond acceptors (Lipinski definition) is 4. The summed E-state index contributed by atoms with van der Waals surface area (Å²) in [7, 11) is 0. The van der Waals surface area contributed by atoms with Crippen molar-refractivity contribution in [1.82, 2.24) is 4.98 Å². The van der Waals surface area contributed by atoms with E-state index in [1.807, 2.05) is 36.4 Å². The van der Waals surface area contributed by atoms with Crippen LogP contribution in [0.3, 0.4) is 0 Å². The van der Waals surface area contributed by atoms with Crippen molar-refractivity contribution in [2.45, 2.75) is 19.4 Å². The van der Waals surface area contributed by atoms with Gasteiger partial charge in [-0.15, -0.1) is 0 Å². The number of aromatic nitrogens is 1. The fourth-order valence-electron chi connectivity index (χ4n) is 2.93. The van der Waals surface area contributed by atoms with Gasteiger partial charge in [0.15, 0.2) is 12.4 Å². The molecule has 1 amide bonds. The van der Waals surface area contributed by atoms with Crippen molar-refractivity contribution >= 4 is 23.2 Å². The number of anilines is 1. The zero-order chi connectivity index (χ0) is 17.9. The summed E-state index contributed by atoms with van der Waals surface area (Å²) < 4.78 is 11.5.